The summed E-state index contributed by atoms with van der Waals surface area (Å²) in [5.41, 5.74) is 3.88. The predicted molar refractivity (Wildman–Crippen MR) is 94.4 cm³/mol. The van der Waals surface area contributed by atoms with E-state index in [1.54, 1.807) is 17.1 Å². The van der Waals surface area contributed by atoms with Gasteiger partial charge in [0.05, 0.1) is 18.3 Å². The fourth-order valence-electron chi connectivity index (χ4n) is 3.05. The van der Waals surface area contributed by atoms with Gasteiger partial charge in [-0.25, -0.2) is 9.97 Å². The number of benzene rings is 1. The number of nitrogens with one attached hydrogen (secondary N) is 1. The molecule has 25 heavy (non-hydrogen) atoms. The van der Waals surface area contributed by atoms with Gasteiger partial charge in [0, 0.05) is 18.1 Å². The van der Waals surface area contributed by atoms with Gasteiger partial charge in [-0.3, -0.25) is 14.8 Å². The highest BCUT2D eigenvalue weighted by atomic mass is 16.1. The first kappa shape index (κ1) is 15.5. The van der Waals surface area contributed by atoms with Crippen LogP contribution in [0.2, 0.25) is 0 Å². The van der Waals surface area contributed by atoms with Crippen molar-refractivity contribution in [3.8, 4) is 0 Å². The van der Waals surface area contributed by atoms with Gasteiger partial charge in [-0.2, -0.15) is 5.10 Å². The van der Waals surface area contributed by atoms with Crippen LogP contribution in [0.1, 0.15) is 40.0 Å². The van der Waals surface area contributed by atoms with Crippen LogP contribution in [-0.4, -0.2) is 25.7 Å². The van der Waals surface area contributed by atoms with Crippen molar-refractivity contribution >= 4 is 11.9 Å². The Morgan fingerprint density at radius 2 is 1.96 bits per heavy atom. The number of amides is 1. The molecule has 0 atom stereocenters. The van der Waals surface area contributed by atoms with E-state index in [4.69, 9.17) is 0 Å². The second kappa shape index (κ2) is 6.84. The summed E-state index contributed by atoms with van der Waals surface area (Å²) in [5.74, 6) is 0.122. The van der Waals surface area contributed by atoms with Crippen LogP contribution in [0.15, 0.2) is 48.9 Å². The quantitative estimate of drug-likeness (QED) is 0.797. The molecule has 0 bridgehead atoms. The van der Waals surface area contributed by atoms with E-state index in [-0.39, 0.29) is 5.91 Å². The molecule has 3 aromatic rings. The number of nitrogens with zero attached hydrogens (tertiary/aromatic N) is 4. The van der Waals surface area contributed by atoms with E-state index in [0.717, 1.165) is 30.5 Å². The fraction of sp³-hybridized carbons (Fsp3) is 0.263. The van der Waals surface area contributed by atoms with E-state index in [1.165, 1.54) is 12.0 Å². The minimum Gasteiger partial charge on any atom is -0.290 e. The summed E-state index contributed by atoms with van der Waals surface area (Å²) in [6.07, 6.45) is 9.44. The standard InChI is InChI=1S/C19H19N5O/c25-18(23-19-20-10-15-8-4-5-9-17(15)22-19)16-11-21-24(13-16)12-14-6-2-1-3-7-14/h1-3,6-7,10-11,13H,4-5,8-9,12H2,(H,20,22,23,25). The van der Waals surface area contributed by atoms with Crippen LogP contribution in [0.3, 0.4) is 0 Å². The molecule has 1 aromatic carbocycles. The first-order chi connectivity index (χ1) is 12.3. The minimum absolute atomic E-state index is 0.241. The molecule has 6 nitrogen and oxygen atoms in total. The van der Waals surface area contributed by atoms with E-state index >= 15 is 0 Å². The Morgan fingerprint density at radius 1 is 1.12 bits per heavy atom. The summed E-state index contributed by atoms with van der Waals surface area (Å²) in [5, 5.41) is 7.03. The number of aromatic nitrogens is 4. The van der Waals surface area contributed by atoms with Crippen LogP contribution in [0.4, 0.5) is 5.95 Å². The average molecular weight is 333 g/mol. The largest absolute Gasteiger partial charge is 0.290 e. The van der Waals surface area contributed by atoms with Gasteiger partial charge in [-0.15, -0.1) is 0 Å². The molecule has 6 heteroatoms. The highest BCUT2D eigenvalue weighted by molar-refractivity contribution is 6.02. The predicted octanol–water partition coefficient (Wildman–Crippen LogP) is 2.85. The lowest BCUT2D eigenvalue weighted by Crippen LogP contribution is -2.16. The molecule has 0 saturated heterocycles. The second-order valence-corrected chi connectivity index (χ2v) is 6.24. The number of carbonyl (C=O) groups excluding carboxylic acids is 1. The molecule has 0 spiro atoms. The third kappa shape index (κ3) is 3.57. The van der Waals surface area contributed by atoms with Crippen molar-refractivity contribution < 1.29 is 4.79 Å². The molecule has 4 rings (SSSR count). The Morgan fingerprint density at radius 3 is 2.84 bits per heavy atom. The Labute approximate surface area is 145 Å². The van der Waals surface area contributed by atoms with E-state index in [2.05, 4.69) is 20.4 Å². The lowest BCUT2D eigenvalue weighted by Gasteiger charge is -2.14. The number of aryl methyl sites for hydroxylation is 2. The zero-order valence-corrected chi connectivity index (χ0v) is 13.9. The van der Waals surface area contributed by atoms with Crippen molar-refractivity contribution in [3.63, 3.8) is 0 Å². The van der Waals surface area contributed by atoms with Gasteiger partial charge in [0.1, 0.15) is 0 Å². The van der Waals surface area contributed by atoms with E-state index in [1.807, 2.05) is 36.5 Å². The molecule has 0 saturated carbocycles. The molecular weight excluding hydrogens is 314 g/mol. The molecule has 1 aliphatic rings. The molecule has 0 unspecified atom stereocenters. The number of fused-ring (bicyclic) bond motifs is 1. The van der Waals surface area contributed by atoms with Crippen LogP contribution in [0, 0.1) is 0 Å². The van der Waals surface area contributed by atoms with Crippen LogP contribution < -0.4 is 5.32 Å². The van der Waals surface area contributed by atoms with E-state index in [0.29, 0.717) is 18.1 Å². The third-order valence-corrected chi connectivity index (χ3v) is 4.37. The van der Waals surface area contributed by atoms with Gasteiger partial charge >= 0.3 is 0 Å². The van der Waals surface area contributed by atoms with Gasteiger partial charge < -0.3 is 0 Å². The highest BCUT2D eigenvalue weighted by Gasteiger charge is 2.15. The van der Waals surface area contributed by atoms with Crippen molar-refractivity contribution in [1.29, 1.82) is 0 Å². The Hall–Kier alpha value is -3.02. The maximum Gasteiger partial charge on any atom is 0.261 e. The lowest BCUT2D eigenvalue weighted by atomic mass is 9.98. The summed E-state index contributed by atoms with van der Waals surface area (Å²) in [6, 6.07) is 10.0. The monoisotopic (exact) mass is 333 g/mol. The second-order valence-electron chi connectivity index (χ2n) is 6.24. The van der Waals surface area contributed by atoms with Crippen molar-refractivity contribution in [2.45, 2.75) is 32.2 Å². The molecule has 0 radical (unpaired) electrons. The zero-order valence-electron chi connectivity index (χ0n) is 13.9. The molecule has 2 aromatic heterocycles. The number of anilines is 1. The number of carbonyl (C=O) groups is 1. The first-order valence-electron chi connectivity index (χ1n) is 8.50. The highest BCUT2D eigenvalue weighted by Crippen LogP contribution is 2.19. The molecule has 0 aliphatic heterocycles. The maximum atomic E-state index is 12.4. The summed E-state index contributed by atoms with van der Waals surface area (Å²) < 4.78 is 1.75. The van der Waals surface area contributed by atoms with Crippen LogP contribution >= 0.6 is 0 Å². The van der Waals surface area contributed by atoms with Gasteiger partial charge in [-0.05, 0) is 36.8 Å². The van der Waals surface area contributed by atoms with Crippen molar-refractivity contribution in [1.82, 2.24) is 19.7 Å². The van der Waals surface area contributed by atoms with E-state index < -0.39 is 0 Å². The molecule has 1 amide bonds. The summed E-state index contributed by atoms with van der Waals surface area (Å²) >= 11 is 0. The van der Waals surface area contributed by atoms with Gasteiger partial charge in [0.2, 0.25) is 5.95 Å². The molecular formula is C19H19N5O. The van der Waals surface area contributed by atoms with Crippen molar-refractivity contribution in [2.24, 2.45) is 0 Å². The normalized spacial score (nSPS) is 13.3. The average Bonchev–Trinajstić information content (AvgIpc) is 3.11. The van der Waals surface area contributed by atoms with E-state index in [9.17, 15) is 4.79 Å². The van der Waals surface area contributed by atoms with Crippen molar-refractivity contribution in [2.75, 3.05) is 5.32 Å². The zero-order chi connectivity index (χ0) is 17.1. The molecule has 0 fully saturated rings. The molecule has 1 N–H and O–H groups in total. The smallest absolute Gasteiger partial charge is 0.261 e. The van der Waals surface area contributed by atoms with Gasteiger partial charge in [-0.1, -0.05) is 30.3 Å². The van der Waals surface area contributed by atoms with Gasteiger partial charge in [0.25, 0.3) is 5.91 Å². The van der Waals surface area contributed by atoms with Crippen LogP contribution in [0.5, 0.6) is 0 Å². The molecule has 2 heterocycles. The number of rotatable bonds is 4. The molecule has 126 valence electrons. The Bertz CT molecular complexity index is 888. The Balaban J connectivity index is 1.45. The summed E-state index contributed by atoms with van der Waals surface area (Å²) in [4.78, 5) is 21.1. The lowest BCUT2D eigenvalue weighted by molar-refractivity contribution is 0.102. The van der Waals surface area contributed by atoms with Crippen LogP contribution in [0.25, 0.3) is 0 Å². The topological polar surface area (TPSA) is 72.7 Å². The molecule has 1 aliphatic carbocycles. The Kier molecular flexibility index (Phi) is 4.24. The SMILES string of the molecule is O=C(Nc1ncc2c(n1)CCCC2)c1cnn(Cc2ccccc2)c1. The third-order valence-electron chi connectivity index (χ3n) is 4.37. The van der Waals surface area contributed by atoms with Gasteiger partial charge in [0.15, 0.2) is 0 Å². The summed E-state index contributed by atoms with van der Waals surface area (Å²) in [6.45, 7) is 0.628. The minimum atomic E-state index is -0.241. The van der Waals surface area contributed by atoms with Crippen LogP contribution in [-0.2, 0) is 19.4 Å². The number of hydrogen-bond donors (Lipinski definition) is 1. The maximum absolute atomic E-state index is 12.4. The summed E-state index contributed by atoms with van der Waals surface area (Å²) in [7, 11) is 0. The van der Waals surface area contributed by atoms with Crippen molar-refractivity contribution in [3.05, 3.63) is 71.3 Å². The first-order valence-corrected chi connectivity index (χ1v) is 8.50. The number of hydrogen-bond acceptors (Lipinski definition) is 4. The fourth-order valence-corrected chi connectivity index (χ4v) is 3.05.